The lowest BCUT2D eigenvalue weighted by molar-refractivity contribution is 0.0951. The molecule has 0 fully saturated rings. The number of aryl methyl sites for hydroxylation is 1. The largest absolute Gasteiger partial charge is 0.361 e. The highest BCUT2D eigenvalue weighted by atomic mass is 16.1. The molecule has 0 aliphatic rings. The number of carbonyl (C=O) groups is 1. The van der Waals surface area contributed by atoms with E-state index in [9.17, 15) is 4.79 Å². The zero-order valence-electron chi connectivity index (χ0n) is 10.6. The maximum atomic E-state index is 12.2. The summed E-state index contributed by atoms with van der Waals surface area (Å²) in [5.41, 5.74) is 2.49. The summed E-state index contributed by atoms with van der Waals surface area (Å²) in [7, 11) is 1.85. The third kappa shape index (κ3) is 2.10. The number of hydrogen-bond donors (Lipinski definition) is 2. The lowest BCUT2D eigenvalue weighted by Gasteiger charge is -2.06. The second-order valence-electron chi connectivity index (χ2n) is 4.38. The first-order valence-electron chi connectivity index (χ1n) is 6.07. The van der Waals surface area contributed by atoms with Gasteiger partial charge in [0.05, 0.1) is 23.3 Å². The highest BCUT2D eigenvalue weighted by Crippen LogP contribution is 2.16. The Morgan fingerprint density at radius 2 is 2.26 bits per heavy atom. The molecule has 1 aromatic carbocycles. The Balaban J connectivity index is 1.81. The molecule has 0 aliphatic carbocycles. The molecule has 5 heteroatoms. The van der Waals surface area contributed by atoms with Crippen LogP contribution >= 0.6 is 0 Å². The van der Waals surface area contributed by atoms with Crippen molar-refractivity contribution in [3.05, 3.63) is 54.0 Å². The van der Waals surface area contributed by atoms with Crippen molar-refractivity contribution in [1.29, 1.82) is 0 Å². The van der Waals surface area contributed by atoms with E-state index in [1.165, 1.54) is 0 Å². The van der Waals surface area contributed by atoms with E-state index in [2.05, 4.69) is 15.4 Å². The number of nitrogens with one attached hydrogen (secondary N) is 2. The van der Waals surface area contributed by atoms with Crippen LogP contribution < -0.4 is 5.32 Å². The van der Waals surface area contributed by atoms with Crippen LogP contribution in [0, 0.1) is 0 Å². The first-order valence-corrected chi connectivity index (χ1v) is 6.07. The molecule has 2 heterocycles. The normalized spacial score (nSPS) is 10.8. The number of carbonyl (C=O) groups excluding carboxylic acids is 1. The zero-order valence-corrected chi connectivity index (χ0v) is 10.6. The van der Waals surface area contributed by atoms with Gasteiger partial charge < -0.3 is 10.3 Å². The predicted octanol–water partition coefficient (Wildman–Crippen LogP) is 1.83. The summed E-state index contributed by atoms with van der Waals surface area (Å²) < 4.78 is 1.75. The van der Waals surface area contributed by atoms with Crippen LogP contribution in [0.2, 0.25) is 0 Å². The zero-order chi connectivity index (χ0) is 13.2. The van der Waals surface area contributed by atoms with Gasteiger partial charge in [0.2, 0.25) is 0 Å². The Morgan fingerprint density at radius 3 is 3.05 bits per heavy atom. The number of para-hydroxylation sites is 1. The van der Waals surface area contributed by atoms with Crippen LogP contribution in [0.1, 0.15) is 16.1 Å². The number of nitrogens with zero attached hydrogens (tertiary/aromatic N) is 2. The van der Waals surface area contributed by atoms with Crippen LogP contribution in [0.25, 0.3) is 10.9 Å². The Morgan fingerprint density at radius 1 is 1.37 bits per heavy atom. The van der Waals surface area contributed by atoms with E-state index in [-0.39, 0.29) is 5.91 Å². The molecule has 0 unspecified atom stereocenters. The molecule has 3 rings (SSSR count). The van der Waals surface area contributed by atoms with E-state index < -0.39 is 0 Å². The number of amides is 1. The van der Waals surface area contributed by atoms with Crippen molar-refractivity contribution in [3.63, 3.8) is 0 Å². The number of aromatic amines is 1. The first kappa shape index (κ1) is 11.5. The first-order chi connectivity index (χ1) is 9.25. The van der Waals surface area contributed by atoms with Crippen molar-refractivity contribution in [2.75, 3.05) is 0 Å². The predicted molar refractivity (Wildman–Crippen MR) is 72.7 cm³/mol. The van der Waals surface area contributed by atoms with E-state index in [0.717, 1.165) is 16.6 Å². The summed E-state index contributed by atoms with van der Waals surface area (Å²) in [6.07, 6.45) is 3.55. The van der Waals surface area contributed by atoms with Gasteiger partial charge in [-0.05, 0) is 18.2 Å². The van der Waals surface area contributed by atoms with E-state index in [4.69, 9.17) is 0 Å². The molecule has 1 amide bonds. The quantitative estimate of drug-likeness (QED) is 0.749. The van der Waals surface area contributed by atoms with Gasteiger partial charge in [-0.25, -0.2) is 0 Å². The Kier molecular flexibility index (Phi) is 2.79. The average molecular weight is 254 g/mol. The van der Waals surface area contributed by atoms with Gasteiger partial charge in [0, 0.05) is 24.8 Å². The van der Waals surface area contributed by atoms with Gasteiger partial charge >= 0.3 is 0 Å². The minimum Gasteiger partial charge on any atom is -0.361 e. The van der Waals surface area contributed by atoms with E-state index in [1.54, 1.807) is 10.9 Å². The highest BCUT2D eigenvalue weighted by molar-refractivity contribution is 6.05. The molecule has 0 saturated heterocycles. The number of hydrogen-bond acceptors (Lipinski definition) is 2. The van der Waals surface area contributed by atoms with Crippen molar-refractivity contribution in [1.82, 2.24) is 20.1 Å². The van der Waals surface area contributed by atoms with Gasteiger partial charge in [-0.2, -0.15) is 5.10 Å². The molecule has 2 aromatic heterocycles. The SMILES string of the molecule is Cn1nccc1CNC(=O)c1cccc2cc[nH]c12. The van der Waals surface area contributed by atoms with Gasteiger partial charge in [0.15, 0.2) is 0 Å². The molecule has 2 N–H and O–H groups in total. The van der Waals surface area contributed by atoms with Crippen LogP contribution in [0.3, 0.4) is 0 Å². The van der Waals surface area contributed by atoms with Crippen LogP contribution in [0.15, 0.2) is 42.7 Å². The number of aromatic nitrogens is 3. The van der Waals surface area contributed by atoms with Crippen molar-refractivity contribution in [3.8, 4) is 0 Å². The van der Waals surface area contributed by atoms with Gasteiger partial charge in [0.1, 0.15) is 0 Å². The summed E-state index contributed by atoms with van der Waals surface area (Å²) in [6, 6.07) is 9.51. The second-order valence-corrected chi connectivity index (χ2v) is 4.38. The van der Waals surface area contributed by atoms with Crippen LogP contribution in [0.5, 0.6) is 0 Å². The van der Waals surface area contributed by atoms with E-state index in [1.807, 2.05) is 43.6 Å². The molecule has 5 nitrogen and oxygen atoms in total. The minimum atomic E-state index is -0.0887. The molecular weight excluding hydrogens is 240 g/mol. The summed E-state index contributed by atoms with van der Waals surface area (Å²) in [4.78, 5) is 15.3. The molecule has 0 bridgehead atoms. The smallest absolute Gasteiger partial charge is 0.253 e. The average Bonchev–Trinajstić information content (AvgIpc) is 3.04. The maximum absolute atomic E-state index is 12.2. The molecule has 19 heavy (non-hydrogen) atoms. The van der Waals surface area contributed by atoms with Crippen LogP contribution in [-0.2, 0) is 13.6 Å². The lowest BCUT2D eigenvalue weighted by atomic mass is 10.1. The molecule has 0 spiro atoms. The number of rotatable bonds is 3. The summed E-state index contributed by atoms with van der Waals surface area (Å²) >= 11 is 0. The fourth-order valence-corrected chi connectivity index (χ4v) is 2.11. The van der Waals surface area contributed by atoms with Gasteiger partial charge in [-0.3, -0.25) is 9.48 Å². The topological polar surface area (TPSA) is 62.7 Å². The Bertz CT molecular complexity index is 726. The minimum absolute atomic E-state index is 0.0887. The van der Waals surface area contributed by atoms with Gasteiger partial charge in [0.25, 0.3) is 5.91 Å². The van der Waals surface area contributed by atoms with Gasteiger partial charge in [-0.1, -0.05) is 12.1 Å². The summed E-state index contributed by atoms with van der Waals surface area (Å²) in [5, 5.41) is 8.01. The van der Waals surface area contributed by atoms with E-state index >= 15 is 0 Å². The molecule has 0 radical (unpaired) electrons. The van der Waals surface area contributed by atoms with Crippen molar-refractivity contribution in [2.24, 2.45) is 7.05 Å². The van der Waals surface area contributed by atoms with Crippen molar-refractivity contribution >= 4 is 16.8 Å². The van der Waals surface area contributed by atoms with E-state index in [0.29, 0.717) is 12.1 Å². The second kappa shape index (κ2) is 4.61. The highest BCUT2D eigenvalue weighted by Gasteiger charge is 2.10. The van der Waals surface area contributed by atoms with Crippen molar-refractivity contribution in [2.45, 2.75) is 6.54 Å². The fourth-order valence-electron chi connectivity index (χ4n) is 2.11. The summed E-state index contributed by atoms with van der Waals surface area (Å²) in [6.45, 7) is 0.465. The van der Waals surface area contributed by atoms with Crippen LogP contribution in [0.4, 0.5) is 0 Å². The molecule has 3 aromatic rings. The third-order valence-electron chi connectivity index (χ3n) is 3.18. The molecule has 96 valence electrons. The molecular formula is C14H14N4O. The molecule has 0 atom stereocenters. The number of benzene rings is 1. The van der Waals surface area contributed by atoms with Crippen LogP contribution in [-0.4, -0.2) is 20.7 Å². The standard InChI is InChI=1S/C14H14N4O/c1-18-11(6-8-17-18)9-16-14(19)12-4-2-3-10-5-7-15-13(10)12/h2-8,15H,9H2,1H3,(H,16,19). The Labute approximate surface area is 110 Å². The third-order valence-corrected chi connectivity index (χ3v) is 3.18. The summed E-state index contributed by atoms with van der Waals surface area (Å²) in [5.74, 6) is -0.0887. The maximum Gasteiger partial charge on any atom is 0.253 e. The molecule has 0 saturated carbocycles. The van der Waals surface area contributed by atoms with Gasteiger partial charge in [-0.15, -0.1) is 0 Å². The number of H-pyrrole nitrogens is 1. The monoisotopic (exact) mass is 254 g/mol. The fraction of sp³-hybridized carbons (Fsp3) is 0.143. The number of fused-ring (bicyclic) bond motifs is 1. The lowest BCUT2D eigenvalue weighted by Crippen LogP contribution is -2.24. The Hall–Kier alpha value is -2.56. The van der Waals surface area contributed by atoms with Crippen molar-refractivity contribution < 1.29 is 4.79 Å². The molecule has 0 aliphatic heterocycles.